The standard InChI is InChI=1S/C19H29N5O6/c1-5-30-11-24-15-16(21-18(24)20-14(27)10-25)22(4)19(29)23(17(15)28)9-7-6-8-12(2)13(3)26/h12,25H,5-11H2,1-4H3,(H,20,21,27). The number of hydrogen-bond acceptors (Lipinski definition) is 7. The van der Waals surface area contributed by atoms with E-state index in [1.807, 2.05) is 6.92 Å². The lowest BCUT2D eigenvalue weighted by atomic mass is 10.0. The molecule has 2 aromatic rings. The van der Waals surface area contributed by atoms with Crippen LogP contribution in [0.3, 0.4) is 0 Å². The Labute approximate surface area is 173 Å². The van der Waals surface area contributed by atoms with Crippen molar-refractivity contribution in [2.24, 2.45) is 13.0 Å². The van der Waals surface area contributed by atoms with Crippen LogP contribution < -0.4 is 16.6 Å². The Morgan fingerprint density at radius 2 is 1.93 bits per heavy atom. The second-order valence-corrected chi connectivity index (χ2v) is 7.17. The van der Waals surface area contributed by atoms with E-state index in [0.717, 1.165) is 4.57 Å². The van der Waals surface area contributed by atoms with E-state index >= 15 is 0 Å². The van der Waals surface area contributed by atoms with Crippen LogP contribution in [0.4, 0.5) is 5.95 Å². The quantitative estimate of drug-likeness (QED) is 0.493. The minimum absolute atomic E-state index is 0.0117. The average Bonchev–Trinajstić information content (AvgIpc) is 3.07. The van der Waals surface area contributed by atoms with E-state index in [1.54, 1.807) is 13.8 Å². The Balaban J connectivity index is 2.45. The van der Waals surface area contributed by atoms with Crippen LogP contribution >= 0.6 is 0 Å². The van der Waals surface area contributed by atoms with Crippen molar-refractivity contribution in [1.29, 1.82) is 0 Å². The van der Waals surface area contributed by atoms with Crippen molar-refractivity contribution in [1.82, 2.24) is 18.7 Å². The molecule has 2 N–H and O–H groups in total. The number of aliphatic hydroxyl groups is 1. The highest BCUT2D eigenvalue weighted by atomic mass is 16.5. The van der Waals surface area contributed by atoms with Crippen molar-refractivity contribution >= 4 is 28.8 Å². The van der Waals surface area contributed by atoms with Crippen molar-refractivity contribution in [3.8, 4) is 0 Å². The summed E-state index contributed by atoms with van der Waals surface area (Å²) in [7, 11) is 1.49. The van der Waals surface area contributed by atoms with Gasteiger partial charge in [-0.15, -0.1) is 0 Å². The topological polar surface area (TPSA) is 137 Å². The SMILES string of the molecule is CCOCn1c(NC(=O)CO)nc2c1c(=O)n(CCCCC(C)C(C)=O)c(=O)n2C. The first kappa shape index (κ1) is 23.5. The largest absolute Gasteiger partial charge is 0.387 e. The van der Waals surface area contributed by atoms with Gasteiger partial charge in [-0.05, 0) is 26.7 Å². The number of aliphatic hydroxyl groups excluding tert-OH is 1. The molecule has 166 valence electrons. The summed E-state index contributed by atoms with van der Waals surface area (Å²) in [5, 5.41) is 11.4. The van der Waals surface area contributed by atoms with Crippen molar-refractivity contribution < 1.29 is 19.4 Å². The van der Waals surface area contributed by atoms with Gasteiger partial charge in [-0.1, -0.05) is 13.3 Å². The van der Waals surface area contributed by atoms with Crippen molar-refractivity contribution in [3.63, 3.8) is 0 Å². The molecule has 0 aromatic carbocycles. The molecule has 0 spiro atoms. The smallest absolute Gasteiger partial charge is 0.332 e. The highest BCUT2D eigenvalue weighted by molar-refractivity contribution is 5.91. The molecule has 0 fully saturated rings. The fourth-order valence-corrected chi connectivity index (χ4v) is 3.06. The number of hydrogen-bond donors (Lipinski definition) is 2. The maximum Gasteiger partial charge on any atom is 0.332 e. The van der Waals surface area contributed by atoms with E-state index in [4.69, 9.17) is 9.84 Å². The highest BCUT2D eigenvalue weighted by Crippen LogP contribution is 2.16. The van der Waals surface area contributed by atoms with Gasteiger partial charge < -0.3 is 9.84 Å². The van der Waals surface area contributed by atoms with Gasteiger partial charge in [-0.25, -0.2) is 4.79 Å². The Morgan fingerprint density at radius 3 is 2.53 bits per heavy atom. The van der Waals surface area contributed by atoms with Gasteiger partial charge in [0.25, 0.3) is 11.5 Å². The summed E-state index contributed by atoms with van der Waals surface area (Å²) in [5.41, 5.74) is -0.826. The fourth-order valence-electron chi connectivity index (χ4n) is 3.06. The van der Waals surface area contributed by atoms with Gasteiger partial charge in [-0.2, -0.15) is 4.98 Å². The zero-order valence-electron chi connectivity index (χ0n) is 17.8. The lowest BCUT2D eigenvalue weighted by Gasteiger charge is -2.11. The number of aromatic nitrogens is 4. The number of rotatable bonds is 11. The third kappa shape index (κ3) is 5.03. The predicted octanol–water partition coefficient (Wildman–Crippen LogP) is 0.217. The van der Waals surface area contributed by atoms with Crippen LogP contribution in [0.2, 0.25) is 0 Å². The van der Waals surface area contributed by atoms with Crippen LogP contribution in [0.1, 0.15) is 40.0 Å². The molecule has 2 heterocycles. The highest BCUT2D eigenvalue weighted by Gasteiger charge is 2.21. The Hall–Kier alpha value is -2.79. The summed E-state index contributed by atoms with van der Waals surface area (Å²) >= 11 is 0. The van der Waals surface area contributed by atoms with E-state index in [1.165, 1.54) is 16.2 Å². The van der Waals surface area contributed by atoms with E-state index in [9.17, 15) is 19.2 Å². The van der Waals surface area contributed by atoms with E-state index < -0.39 is 23.8 Å². The fraction of sp³-hybridized carbons (Fsp3) is 0.632. The number of aryl methyl sites for hydroxylation is 1. The average molecular weight is 423 g/mol. The van der Waals surface area contributed by atoms with Crippen LogP contribution in [-0.2, 0) is 34.6 Å². The molecule has 0 bridgehead atoms. The minimum atomic E-state index is -0.750. The van der Waals surface area contributed by atoms with E-state index in [0.29, 0.717) is 25.9 Å². The Bertz CT molecular complexity index is 1030. The molecule has 0 saturated carbocycles. The molecule has 30 heavy (non-hydrogen) atoms. The van der Waals surface area contributed by atoms with Crippen LogP contribution in [-0.4, -0.2) is 48.7 Å². The first-order chi connectivity index (χ1) is 14.2. The number of imidazole rings is 1. The summed E-state index contributed by atoms with van der Waals surface area (Å²) in [6.07, 6.45) is 1.95. The van der Waals surface area contributed by atoms with Gasteiger partial charge in [0.15, 0.2) is 11.2 Å². The molecule has 1 amide bonds. The first-order valence-corrected chi connectivity index (χ1v) is 9.91. The molecule has 2 rings (SSSR count). The molecular weight excluding hydrogens is 394 g/mol. The van der Waals surface area contributed by atoms with E-state index in [-0.39, 0.29) is 42.1 Å². The summed E-state index contributed by atoms with van der Waals surface area (Å²) in [5.74, 6) is -0.634. The molecule has 1 atom stereocenters. The summed E-state index contributed by atoms with van der Waals surface area (Å²) in [4.78, 5) is 53.0. The number of nitrogens with one attached hydrogen (secondary N) is 1. The van der Waals surface area contributed by atoms with Crippen LogP contribution in [0.15, 0.2) is 9.59 Å². The minimum Gasteiger partial charge on any atom is -0.387 e. The van der Waals surface area contributed by atoms with Crippen LogP contribution in [0.25, 0.3) is 11.2 Å². The third-order valence-electron chi connectivity index (χ3n) is 5.01. The zero-order chi connectivity index (χ0) is 22.4. The Kier molecular flexibility index (Phi) is 8.07. The number of carbonyl (C=O) groups excluding carboxylic acids is 2. The third-order valence-corrected chi connectivity index (χ3v) is 5.01. The number of Topliss-reactive ketones (excluding diaryl/α,β-unsaturated/α-hetero) is 1. The molecule has 11 heteroatoms. The molecule has 2 aromatic heterocycles. The molecule has 1 unspecified atom stereocenters. The molecular formula is C19H29N5O6. The summed E-state index contributed by atoms with van der Waals surface area (Å²) in [6, 6.07) is 0. The number of ketones is 1. The van der Waals surface area contributed by atoms with Gasteiger partial charge in [0.2, 0.25) is 5.95 Å². The zero-order valence-corrected chi connectivity index (χ0v) is 17.8. The number of anilines is 1. The second-order valence-electron chi connectivity index (χ2n) is 7.17. The van der Waals surface area contributed by atoms with Crippen molar-refractivity contribution in [3.05, 3.63) is 20.8 Å². The van der Waals surface area contributed by atoms with Crippen molar-refractivity contribution in [2.75, 3.05) is 18.5 Å². The molecule has 0 aliphatic rings. The second kappa shape index (κ2) is 10.3. The number of unbranched alkanes of at least 4 members (excludes halogenated alkanes) is 1. The van der Waals surface area contributed by atoms with Gasteiger partial charge in [0.1, 0.15) is 19.1 Å². The number of ether oxygens (including phenoxy) is 1. The van der Waals surface area contributed by atoms with Gasteiger partial charge in [0, 0.05) is 26.1 Å². The molecule has 11 nitrogen and oxygen atoms in total. The lowest BCUT2D eigenvalue weighted by Crippen LogP contribution is -2.39. The first-order valence-electron chi connectivity index (χ1n) is 9.91. The monoisotopic (exact) mass is 423 g/mol. The van der Waals surface area contributed by atoms with E-state index in [2.05, 4.69) is 10.3 Å². The lowest BCUT2D eigenvalue weighted by molar-refractivity contribution is -0.120. The number of carbonyl (C=O) groups is 2. The number of fused-ring (bicyclic) bond motifs is 1. The molecule has 0 radical (unpaired) electrons. The maximum atomic E-state index is 13.1. The van der Waals surface area contributed by atoms with Gasteiger partial charge >= 0.3 is 5.69 Å². The van der Waals surface area contributed by atoms with Crippen molar-refractivity contribution in [2.45, 2.75) is 53.3 Å². The van der Waals surface area contributed by atoms with Gasteiger partial charge in [0.05, 0.1) is 0 Å². The van der Waals surface area contributed by atoms with Crippen LogP contribution in [0, 0.1) is 5.92 Å². The number of amides is 1. The summed E-state index contributed by atoms with van der Waals surface area (Å²) in [6.45, 7) is 4.93. The summed E-state index contributed by atoms with van der Waals surface area (Å²) < 4.78 is 9.14. The van der Waals surface area contributed by atoms with Crippen LogP contribution in [0.5, 0.6) is 0 Å². The predicted molar refractivity (Wildman–Crippen MR) is 110 cm³/mol. The normalized spacial score (nSPS) is 12.3. The maximum absolute atomic E-state index is 13.1. The molecule has 0 aliphatic carbocycles. The van der Waals surface area contributed by atoms with Gasteiger partial charge in [-0.3, -0.25) is 33.4 Å². The number of nitrogens with zero attached hydrogens (tertiary/aromatic N) is 4. The Morgan fingerprint density at radius 1 is 1.23 bits per heavy atom. The molecule has 0 saturated heterocycles. The molecule has 0 aliphatic heterocycles.